The van der Waals surface area contributed by atoms with E-state index in [4.69, 9.17) is 0 Å². The highest BCUT2D eigenvalue weighted by atomic mass is 15.3. The van der Waals surface area contributed by atoms with Crippen LogP contribution in [0.5, 0.6) is 0 Å². The van der Waals surface area contributed by atoms with Crippen LogP contribution in [0.15, 0.2) is 0 Å². The second-order valence-corrected chi connectivity index (χ2v) is 7.29. The van der Waals surface area contributed by atoms with Crippen molar-refractivity contribution in [3.8, 4) is 0 Å². The maximum absolute atomic E-state index is 3.83. The highest BCUT2D eigenvalue weighted by Crippen LogP contribution is 2.41. The van der Waals surface area contributed by atoms with E-state index in [9.17, 15) is 0 Å². The van der Waals surface area contributed by atoms with Gasteiger partial charge in [0, 0.05) is 30.7 Å². The lowest BCUT2D eigenvalue weighted by Gasteiger charge is -2.48. The molecule has 0 aromatic heterocycles. The Morgan fingerprint density at radius 1 is 1.26 bits per heavy atom. The van der Waals surface area contributed by atoms with Crippen LogP contribution in [0.1, 0.15) is 72.6 Å². The summed E-state index contributed by atoms with van der Waals surface area (Å²) in [5, 5.41) is 3.83. The molecule has 2 fully saturated rings. The molecule has 2 heteroatoms. The molecule has 1 aliphatic carbocycles. The molecule has 112 valence electrons. The van der Waals surface area contributed by atoms with Crippen LogP contribution in [0.25, 0.3) is 0 Å². The third kappa shape index (κ3) is 3.95. The van der Waals surface area contributed by atoms with Gasteiger partial charge in [0.2, 0.25) is 0 Å². The molecule has 0 spiro atoms. The fourth-order valence-electron chi connectivity index (χ4n) is 3.71. The van der Waals surface area contributed by atoms with Crippen LogP contribution in [0, 0.1) is 5.92 Å². The first-order valence-electron chi connectivity index (χ1n) is 8.57. The van der Waals surface area contributed by atoms with E-state index in [2.05, 4.69) is 37.9 Å². The van der Waals surface area contributed by atoms with Crippen LogP contribution >= 0.6 is 0 Å². The van der Waals surface area contributed by atoms with Gasteiger partial charge < -0.3 is 5.32 Å². The second kappa shape index (κ2) is 6.58. The average molecular weight is 266 g/mol. The van der Waals surface area contributed by atoms with E-state index in [1.54, 1.807) is 0 Å². The standard InChI is InChI=1S/C17H34N2/c1-5-6-7-8-9-14(2)19-13-17(4,16-10-11-16)18-12-15(19)3/h14-16,18H,5-13H2,1-4H3. The van der Waals surface area contributed by atoms with E-state index < -0.39 is 0 Å². The molecule has 1 heterocycles. The normalized spacial score (nSPS) is 34.4. The molecule has 2 nitrogen and oxygen atoms in total. The summed E-state index contributed by atoms with van der Waals surface area (Å²) in [4.78, 5) is 2.78. The van der Waals surface area contributed by atoms with E-state index in [0.717, 1.165) is 12.0 Å². The van der Waals surface area contributed by atoms with Crippen LogP contribution in [0.3, 0.4) is 0 Å². The zero-order valence-electron chi connectivity index (χ0n) is 13.5. The van der Waals surface area contributed by atoms with E-state index in [-0.39, 0.29) is 0 Å². The van der Waals surface area contributed by atoms with Gasteiger partial charge in [-0.3, -0.25) is 4.90 Å². The fraction of sp³-hybridized carbons (Fsp3) is 1.00. The minimum Gasteiger partial charge on any atom is -0.308 e. The van der Waals surface area contributed by atoms with E-state index in [1.165, 1.54) is 58.0 Å². The number of unbranched alkanes of at least 4 members (excludes halogenated alkanes) is 3. The van der Waals surface area contributed by atoms with Crippen molar-refractivity contribution in [2.24, 2.45) is 5.92 Å². The first kappa shape index (κ1) is 15.3. The first-order valence-corrected chi connectivity index (χ1v) is 8.57. The Kier molecular flexibility index (Phi) is 5.30. The Labute approximate surface area is 120 Å². The number of hydrogen-bond donors (Lipinski definition) is 1. The average Bonchev–Trinajstić information content (AvgIpc) is 3.22. The van der Waals surface area contributed by atoms with Crippen LogP contribution in [-0.4, -0.2) is 35.6 Å². The van der Waals surface area contributed by atoms with Gasteiger partial charge in [-0.15, -0.1) is 0 Å². The summed E-state index contributed by atoms with van der Waals surface area (Å²) in [6.07, 6.45) is 9.84. The monoisotopic (exact) mass is 266 g/mol. The Hall–Kier alpha value is -0.0800. The summed E-state index contributed by atoms with van der Waals surface area (Å²) >= 11 is 0. The van der Waals surface area contributed by atoms with Crippen LogP contribution in [0.2, 0.25) is 0 Å². The van der Waals surface area contributed by atoms with Gasteiger partial charge in [0.15, 0.2) is 0 Å². The number of nitrogens with zero attached hydrogens (tertiary/aromatic N) is 1. The molecule has 1 N–H and O–H groups in total. The molecule has 19 heavy (non-hydrogen) atoms. The minimum absolute atomic E-state index is 0.393. The smallest absolute Gasteiger partial charge is 0.0309 e. The van der Waals surface area contributed by atoms with Gasteiger partial charge >= 0.3 is 0 Å². The third-order valence-corrected chi connectivity index (χ3v) is 5.40. The quantitative estimate of drug-likeness (QED) is 0.705. The summed E-state index contributed by atoms with van der Waals surface area (Å²) in [6, 6.07) is 1.46. The van der Waals surface area contributed by atoms with Crippen molar-refractivity contribution in [1.29, 1.82) is 0 Å². The summed E-state index contributed by atoms with van der Waals surface area (Å²) in [5.74, 6) is 0.940. The van der Waals surface area contributed by atoms with Gasteiger partial charge in [0.05, 0.1) is 0 Å². The molecule has 2 rings (SSSR count). The lowest BCUT2D eigenvalue weighted by atomic mass is 9.89. The SMILES string of the molecule is CCCCCCC(C)N1CC(C)(C2CC2)NCC1C. The molecule has 1 saturated carbocycles. The maximum Gasteiger partial charge on any atom is 0.0309 e. The Morgan fingerprint density at radius 3 is 2.63 bits per heavy atom. The highest BCUT2D eigenvalue weighted by Gasteiger charge is 2.45. The molecule has 0 radical (unpaired) electrons. The van der Waals surface area contributed by atoms with E-state index in [1.807, 2.05) is 0 Å². The molecule has 0 aromatic rings. The Morgan fingerprint density at radius 2 is 2.00 bits per heavy atom. The third-order valence-electron chi connectivity index (χ3n) is 5.40. The van der Waals surface area contributed by atoms with Crippen molar-refractivity contribution >= 4 is 0 Å². The molecule has 2 aliphatic rings. The maximum atomic E-state index is 3.83. The van der Waals surface area contributed by atoms with Crippen LogP contribution < -0.4 is 5.32 Å². The Balaban J connectivity index is 1.82. The predicted molar refractivity (Wildman–Crippen MR) is 83.5 cm³/mol. The fourth-order valence-corrected chi connectivity index (χ4v) is 3.71. The number of hydrogen-bond acceptors (Lipinski definition) is 2. The zero-order valence-corrected chi connectivity index (χ0v) is 13.5. The summed E-state index contributed by atoms with van der Waals surface area (Å²) < 4.78 is 0. The Bertz CT molecular complexity index is 274. The number of rotatable bonds is 7. The van der Waals surface area contributed by atoms with Gasteiger partial charge in [-0.25, -0.2) is 0 Å². The summed E-state index contributed by atoms with van der Waals surface area (Å²) in [5.41, 5.74) is 0.393. The van der Waals surface area contributed by atoms with Crippen molar-refractivity contribution in [2.75, 3.05) is 13.1 Å². The van der Waals surface area contributed by atoms with Crippen molar-refractivity contribution in [1.82, 2.24) is 10.2 Å². The summed E-state index contributed by atoms with van der Waals surface area (Å²) in [6.45, 7) is 12.0. The minimum atomic E-state index is 0.393. The van der Waals surface area contributed by atoms with Crippen LogP contribution in [-0.2, 0) is 0 Å². The molecule has 1 aliphatic heterocycles. The highest BCUT2D eigenvalue weighted by molar-refractivity contribution is 5.04. The number of nitrogens with one attached hydrogen (secondary N) is 1. The molecular weight excluding hydrogens is 232 g/mol. The lowest BCUT2D eigenvalue weighted by molar-refractivity contribution is 0.0482. The zero-order chi connectivity index (χ0) is 13.9. The molecule has 0 bridgehead atoms. The van der Waals surface area contributed by atoms with Gasteiger partial charge in [-0.2, -0.15) is 0 Å². The van der Waals surface area contributed by atoms with Gasteiger partial charge in [0.25, 0.3) is 0 Å². The van der Waals surface area contributed by atoms with Crippen molar-refractivity contribution < 1.29 is 0 Å². The number of piperazine rings is 1. The van der Waals surface area contributed by atoms with Gasteiger partial charge in [-0.05, 0) is 46.0 Å². The van der Waals surface area contributed by atoms with Gasteiger partial charge in [0.1, 0.15) is 0 Å². The van der Waals surface area contributed by atoms with Gasteiger partial charge in [-0.1, -0.05) is 32.6 Å². The first-order chi connectivity index (χ1) is 9.07. The molecule has 0 amide bonds. The van der Waals surface area contributed by atoms with E-state index >= 15 is 0 Å². The molecular formula is C17H34N2. The lowest BCUT2D eigenvalue weighted by Crippen LogP contribution is -2.64. The predicted octanol–water partition coefficient (Wildman–Crippen LogP) is 3.81. The summed E-state index contributed by atoms with van der Waals surface area (Å²) in [7, 11) is 0. The molecule has 1 saturated heterocycles. The molecule has 0 aromatic carbocycles. The molecule has 3 unspecified atom stereocenters. The van der Waals surface area contributed by atoms with E-state index in [0.29, 0.717) is 11.6 Å². The second-order valence-electron chi connectivity index (χ2n) is 7.29. The topological polar surface area (TPSA) is 15.3 Å². The van der Waals surface area contributed by atoms with Crippen molar-refractivity contribution in [3.05, 3.63) is 0 Å². The largest absolute Gasteiger partial charge is 0.308 e. The van der Waals surface area contributed by atoms with Crippen molar-refractivity contribution in [2.45, 2.75) is 90.3 Å². The molecule has 3 atom stereocenters. The van der Waals surface area contributed by atoms with Crippen molar-refractivity contribution in [3.63, 3.8) is 0 Å². The van der Waals surface area contributed by atoms with Crippen LogP contribution in [0.4, 0.5) is 0 Å².